The van der Waals surface area contributed by atoms with E-state index in [0.29, 0.717) is 0 Å². The molecule has 0 aliphatic heterocycles. The minimum absolute atomic E-state index is 0.0295. The van der Waals surface area contributed by atoms with E-state index < -0.39 is 5.41 Å². The highest BCUT2D eigenvalue weighted by Gasteiger charge is 2.44. The molecule has 1 aromatic rings. The molecule has 0 atom stereocenters. The lowest BCUT2D eigenvalue weighted by Crippen LogP contribution is -2.43. The Morgan fingerprint density at radius 1 is 1.37 bits per heavy atom. The number of benzene rings is 1. The average molecular weight is 260 g/mol. The number of hydrogen-bond donors (Lipinski definition) is 0. The smallest absolute Gasteiger partial charge is 0.233 e. The van der Waals surface area contributed by atoms with Crippen LogP contribution in [0.3, 0.4) is 0 Å². The molecule has 19 heavy (non-hydrogen) atoms. The summed E-state index contributed by atoms with van der Waals surface area (Å²) in [5.74, 6) is -0.326. The number of halogens is 1. The molecular formula is C15H17FN2O. The van der Waals surface area contributed by atoms with Gasteiger partial charge in [0.25, 0.3) is 0 Å². The van der Waals surface area contributed by atoms with Gasteiger partial charge in [-0.3, -0.25) is 4.79 Å². The zero-order valence-corrected chi connectivity index (χ0v) is 11.0. The predicted molar refractivity (Wildman–Crippen MR) is 69.8 cm³/mol. The summed E-state index contributed by atoms with van der Waals surface area (Å²) in [6, 6.07) is 8.17. The van der Waals surface area contributed by atoms with E-state index in [1.165, 1.54) is 17.0 Å². The van der Waals surface area contributed by atoms with Crippen molar-refractivity contribution in [3.05, 3.63) is 35.6 Å². The van der Waals surface area contributed by atoms with Crippen molar-refractivity contribution in [2.45, 2.75) is 31.1 Å². The van der Waals surface area contributed by atoms with E-state index in [9.17, 15) is 9.18 Å². The van der Waals surface area contributed by atoms with E-state index in [4.69, 9.17) is 5.26 Å². The molecule has 0 N–H and O–H groups in total. The fraction of sp³-hybridized carbons (Fsp3) is 0.467. The molecule has 1 aliphatic carbocycles. The molecule has 4 heteroatoms. The van der Waals surface area contributed by atoms with Gasteiger partial charge < -0.3 is 4.90 Å². The van der Waals surface area contributed by atoms with Gasteiger partial charge in [-0.25, -0.2) is 4.39 Å². The van der Waals surface area contributed by atoms with Gasteiger partial charge in [0.05, 0.1) is 11.5 Å². The topological polar surface area (TPSA) is 44.1 Å². The lowest BCUT2D eigenvalue weighted by molar-refractivity contribution is -0.135. The van der Waals surface area contributed by atoms with Crippen LogP contribution in [0.1, 0.15) is 31.2 Å². The molecule has 1 aliphatic rings. The Bertz CT molecular complexity index is 498. The third-order valence-electron chi connectivity index (χ3n) is 3.92. The number of nitriles is 1. The molecule has 1 amide bonds. The second kappa shape index (κ2) is 5.40. The maximum absolute atomic E-state index is 13.0. The summed E-state index contributed by atoms with van der Waals surface area (Å²) in [6.45, 7) is 0.0851. The van der Waals surface area contributed by atoms with Crippen molar-refractivity contribution < 1.29 is 9.18 Å². The van der Waals surface area contributed by atoms with Crippen molar-refractivity contribution in [3.63, 3.8) is 0 Å². The standard InChI is InChI=1S/C15H17FN2O/c1-18(11-10-17)14(19)15(8-2-3-9-15)12-4-6-13(16)7-5-12/h4-7H,2-3,8-9,11H2,1H3. The molecule has 0 heterocycles. The number of amides is 1. The van der Waals surface area contributed by atoms with Crippen LogP contribution in [0.2, 0.25) is 0 Å². The number of rotatable bonds is 3. The fourth-order valence-electron chi connectivity index (χ4n) is 2.92. The van der Waals surface area contributed by atoms with Crippen molar-refractivity contribution in [1.29, 1.82) is 5.26 Å². The second-order valence-electron chi connectivity index (χ2n) is 5.12. The van der Waals surface area contributed by atoms with Crippen molar-refractivity contribution >= 4 is 5.91 Å². The summed E-state index contributed by atoms with van der Waals surface area (Å²) in [5, 5.41) is 8.73. The first-order chi connectivity index (χ1) is 9.10. The van der Waals surface area contributed by atoms with Gasteiger partial charge in [0.1, 0.15) is 12.4 Å². The molecule has 1 aromatic carbocycles. The Balaban J connectivity index is 2.35. The first-order valence-corrected chi connectivity index (χ1v) is 6.49. The van der Waals surface area contributed by atoms with E-state index in [2.05, 4.69) is 0 Å². The van der Waals surface area contributed by atoms with E-state index in [1.807, 2.05) is 6.07 Å². The Morgan fingerprint density at radius 2 is 1.95 bits per heavy atom. The minimum atomic E-state index is -0.570. The van der Waals surface area contributed by atoms with Gasteiger partial charge in [0, 0.05) is 7.05 Å². The molecule has 1 saturated carbocycles. The molecule has 0 spiro atoms. The van der Waals surface area contributed by atoms with Crippen LogP contribution in [-0.4, -0.2) is 24.4 Å². The van der Waals surface area contributed by atoms with Gasteiger partial charge in [0.2, 0.25) is 5.91 Å². The fourth-order valence-corrected chi connectivity index (χ4v) is 2.92. The molecular weight excluding hydrogens is 243 g/mol. The van der Waals surface area contributed by atoms with E-state index in [0.717, 1.165) is 31.2 Å². The second-order valence-corrected chi connectivity index (χ2v) is 5.12. The van der Waals surface area contributed by atoms with Crippen molar-refractivity contribution in [2.24, 2.45) is 0 Å². The lowest BCUT2D eigenvalue weighted by atomic mass is 9.77. The summed E-state index contributed by atoms with van der Waals surface area (Å²) < 4.78 is 13.0. The number of likely N-dealkylation sites (N-methyl/N-ethyl adjacent to an activating group) is 1. The van der Waals surface area contributed by atoms with Crippen LogP contribution in [0.5, 0.6) is 0 Å². The first-order valence-electron chi connectivity index (χ1n) is 6.49. The van der Waals surface area contributed by atoms with Crippen molar-refractivity contribution in [2.75, 3.05) is 13.6 Å². The highest BCUT2D eigenvalue weighted by Crippen LogP contribution is 2.42. The van der Waals surface area contributed by atoms with Crippen LogP contribution in [0.4, 0.5) is 4.39 Å². The lowest BCUT2D eigenvalue weighted by Gasteiger charge is -2.32. The molecule has 1 fully saturated rings. The SMILES string of the molecule is CN(CC#N)C(=O)C1(c2ccc(F)cc2)CCCC1. The number of nitrogens with zero attached hydrogens (tertiary/aromatic N) is 2. The predicted octanol–water partition coefficient (Wildman–Crippen LogP) is 2.62. The monoisotopic (exact) mass is 260 g/mol. The van der Waals surface area contributed by atoms with Crippen LogP contribution in [0, 0.1) is 17.1 Å². The maximum atomic E-state index is 13.0. The molecule has 0 aromatic heterocycles. The summed E-state index contributed by atoms with van der Waals surface area (Å²) in [4.78, 5) is 14.1. The van der Waals surface area contributed by atoms with Gasteiger partial charge >= 0.3 is 0 Å². The third-order valence-corrected chi connectivity index (χ3v) is 3.92. The van der Waals surface area contributed by atoms with E-state index in [-0.39, 0.29) is 18.3 Å². The molecule has 0 bridgehead atoms. The summed E-state index contributed by atoms with van der Waals surface area (Å²) >= 11 is 0. The van der Waals surface area contributed by atoms with Gasteiger partial charge in [-0.2, -0.15) is 5.26 Å². The van der Waals surface area contributed by atoms with E-state index >= 15 is 0 Å². The molecule has 0 radical (unpaired) electrons. The Morgan fingerprint density at radius 3 is 2.47 bits per heavy atom. The Labute approximate surface area is 112 Å². The quantitative estimate of drug-likeness (QED) is 0.784. The van der Waals surface area contributed by atoms with Crippen LogP contribution in [0.15, 0.2) is 24.3 Å². The van der Waals surface area contributed by atoms with Gasteiger partial charge in [0.15, 0.2) is 0 Å². The number of carbonyl (C=O) groups is 1. The average Bonchev–Trinajstić information content (AvgIpc) is 2.89. The van der Waals surface area contributed by atoms with Crippen molar-refractivity contribution in [1.82, 2.24) is 4.90 Å². The molecule has 100 valence electrons. The Kier molecular flexibility index (Phi) is 3.84. The van der Waals surface area contributed by atoms with Crippen LogP contribution < -0.4 is 0 Å². The van der Waals surface area contributed by atoms with Gasteiger partial charge in [-0.05, 0) is 30.5 Å². The Hall–Kier alpha value is -1.89. The molecule has 0 saturated heterocycles. The molecule has 3 nitrogen and oxygen atoms in total. The van der Waals surface area contributed by atoms with Crippen molar-refractivity contribution in [3.8, 4) is 6.07 Å². The maximum Gasteiger partial charge on any atom is 0.233 e. The molecule has 2 rings (SSSR count). The summed E-state index contributed by atoms with van der Waals surface area (Å²) in [6.07, 6.45) is 3.52. The molecule has 0 unspecified atom stereocenters. The van der Waals surface area contributed by atoms with Gasteiger partial charge in [-0.1, -0.05) is 25.0 Å². The normalized spacial score (nSPS) is 16.9. The van der Waals surface area contributed by atoms with Crippen LogP contribution in [-0.2, 0) is 10.2 Å². The number of carbonyl (C=O) groups excluding carboxylic acids is 1. The third kappa shape index (κ3) is 2.46. The summed E-state index contributed by atoms with van der Waals surface area (Å²) in [5.41, 5.74) is 0.292. The van der Waals surface area contributed by atoms with Crippen LogP contribution in [0.25, 0.3) is 0 Å². The first kappa shape index (κ1) is 13.5. The highest BCUT2D eigenvalue weighted by molar-refractivity contribution is 5.88. The number of hydrogen-bond acceptors (Lipinski definition) is 2. The van der Waals surface area contributed by atoms with Crippen LogP contribution >= 0.6 is 0 Å². The van der Waals surface area contributed by atoms with E-state index in [1.54, 1.807) is 19.2 Å². The largest absolute Gasteiger partial charge is 0.332 e. The highest BCUT2D eigenvalue weighted by atomic mass is 19.1. The zero-order valence-electron chi connectivity index (χ0n) is 11.0. The minimum Gasteiger partial charge on any atom is -0.332 e. The van der Waals surface area contributed by atoms with Gasteiger partial charge in [-0.15, -0.1) is 0 Å². The zero-order chi connectivity index (χ0) is 13.9. The summed E-state index contributed by atoms with van der Waals surface area (Å²) in [7, 11) is 1.65.